The normalized spacial score (nSPS) is 24.8. The zero-order valence-corrected chi connectivity index (χ0v) is 21.0. The van der Waals surface area contributed by atoms with Crippen molar-refractivity contribution in [3.05, 3.63) is 53.0 Å². The molecule has 2 aliphatic rings. The van der Waals surface area contributed by atoms with Gasteiger partial charge in [-0.25, -0.2) is 0 Å². The van der Waals surface area contributed by atoms with Crippen molar-refractivity contribution in [2.24, 2.45) is 5.92 Å². The number of hydrogen-bond donors (Lipinski definition) is 1. The van der Waals surface area contributed by atoms with Crippen LogP contribution in [0.3, 0.4) is 0 Å². The Morgan fingerprint density at radius 2 is 1.91 bits per heavy atom. The maximum atomic E-state index is 13.8. The van der Waals surface area contributed by atoms with Crippen LogP contribution in [0.5, 0.6) is 5.75 Å². The smallest absolute Gasteiger partial charge is 0.271 e. The van der Waals surface area contributed by atoms with E-state index >= 15 is 0 Å². The van der Waals surface area contributed by atoms with Crippen molar-refractivity contribution in [2.75, 3.05) is 6.61 Å². The van der Waals surface area contributed by atoms with E-state index in [9.17, 15) is 9.59 Å². The van der Waals surface area contributed by atoms with Gasteiger partial charge in [-0.1, -0.05) is 19.1 Å². The summed E-state index contributed by atoms with van der Waals surface area (Å²) < 4.78 is 8.68. The number of nitrogens with one attached hydrogen (secondary N) is 1. The summed E-state index contributed by atoms with van der Waals surface area (Å²) in [7, 11) is 0. The molecule has 2 aromatic heterocycles. The maximum Gasteiger partial charge on any atom is 0.271 e. The van der Waals surface area contributed by atoms with Crippen molar-refractivity contribution in [3.63, 3.8) is 0 Å². The van der Waals surface area contributed by atoms with Crippen LogP contribution in [0.15, 0.2) is 41.8 Å². The third-order valence-corrected chi connectivity index (χ3v) is 8.32. The fourth-order valence-electron chi connectivity index (χ4n) is 5.31. The Balaban J connectivity index is 1.47. The second-order valence-corrected chi connectivity index (χ2v) is 10.9. The summed E-state index contributed by atoms with van der Waals surface area (Å²) >= 11 is 1.63. The predicted molar refractivity (Wildman–Crippen MR) is 135 cm³/mol. The largest absolute Gasteiger partial charge is 0.494 e. The molecule has 3 aromatic rings. The molecule has 1 saturated carbocycles. The molecule has 3 heterocycles. The van der Waals surface area contributed by atoms with E-state index < -0.39 is 5.54 Å². The number of nitrogens with zero attached hydrogens (tertiary/aromatic N) is 2. The van der Waals surface area contributed by atoms with Gasteiger partial charge in [0.05, 0.1) is 23.4 Å². The molecule has 7 heteroatoms. The SMILES string of the molecule is CCOc1ccc(CN2C(=O)c3cc4sccc4n3C[C@]2(C)C(=O)NC2CCC(C)CC2)cc1. The molecule has 0 bridgehead atoms. The lowest BCUT2D eigenvalue weighted by molar-refractivity contribution is -0.134. The van der Waals surface area contributed by atoms with Crippen LogP contribution < -0.4 is 10.1 Å². The van der Waals surface area contributed by atoms with Crippen LogP contribution in [-0.2, 0) is 17.9 Å². The van der Waals surface area contributed by atoms with Crippen molar-refractivity contribution in [1.82, 2.24) is 14.8 Å². The summed E-state index contributed by atoms with van der Waals surface area (Å²) in [6.45, 7) is 7.57. The Morgan fingerprint density at radius 1 is 1.18 bits per heavy atom. The van der Waals surface area contributed by atoms with Crippen molar-refractivity contribution >= 4 is 33.4 Å². The third-order valence-electron chi connectivity index (χ3n) is 7.46. The van der Waals surface area contributed by atoms with E-state index in [0.29, 0.717) is 31.3 Å². The number of carbonyl (C=O) groups is 2. The van der Waals surface area contributed by atoms with Gasteiger partial charge in [-0.05, 0) is 80.7 Å². The molecule has 1 atom stereocenters. The third kappa shape index (κ3) is 4.11. The lowest BCUT2D eigenvalue weighted by Crippen LogP contribution is -2.64. The van der Waals surface area contributed by atoms with E-state index in [-0.39, 0.29) is 17.9 Å². The average Bonchev–Trinajstić information content (AvgIpc) is 3.42. The summed E-state index contributed by atoms with van der Waals surface area (Å²) in [6.07, 6.45) is 4.26. The number of hydrogen-bond acceptors (Lipinski definition) is 4. The molecule has 1 N–H and O–H groups in total. The standard InChI is InChI=1S/C27H33N3O3S/c1-4-33-21-11-7-19(8-12-21)16-30-25(31)23-15-24-22(13-14-34-24)29(23)17-27(30,3)26(32)28-20-9-5-18(2)6-10-20/h7-8,11-15,18,20H,4-6,9-10,16-17H2,1-3H3,(H,28,32)/t18?,20?,27-/m1/s1. The average molecular weight is 480 g/mol. The molecule has 1 aromatic carbocycles. The number of ether oxygens (including phenoxy) is 1. The molecule has 6 nitrogen and oxygen atoms in total. The highest BCUT2D eigenvalue weighted by Crippen LogP contribution is 2.36. The van der Waals surface area contributed by atoms with Crippen LogP contribution in [-0.4, -0.2) is 39.5 Å². The van der Waals surface area contributed by atoms with Crippen molar-refractivity contribution < 1.29 is 14.3 Å². The summed E-state index contributed by atoms with van der Waals surface area (Å²) in [5.74, 6) is 1.36. The summed E-state index contributed by atoms with van der Waals surface area (Å²) in [5.41, 5.74) is 1.67. The quantitative estimate of drug-likeness (QED) is 0.528. The highest BCUT2D eigenvalue weighted by Gasteiger charge is 2.48. The predicted octanol–water partition coefficient (Wildman–Crippen LogP) is 5.21. The molecule has 2 amide bonds. The maximum absolute atomic E-state index is 13.8. The molecule has 1 aliphatic heterocycles. The van der Waals surface area contributed by atoms with Gasteiger partial charge in [-0.2, -0.15) is 0 Å². The Labute approximate surface area is 204 Å². The topological polar surface area (TPSA) is 63.6 Å². The summed E-state index contributed by atoms with van der Waals surface area (Å²) in [4.78, 5) is 29.4. The van der Waals surface area contributed by atoms with Gasteiger partial charge in [-0.15, -0.1) is 11.3 Å². The number of fused-ring (bicyclic) bond motifs is 3. The molecular weight excluding hydrogens is 446 g/mol. The Hall–Kier alpha value is -2.80. The monoisotopic (exact) mass is 479 g/mol. The molecule has 180 valence electrons. The van der Waals surface area contributed by atoms with E-state index in [4.69, 9.17) is 4.74 Å². The fraction of sp³-hybridized carbons (Fsp3) is 0.481. The van der Waals surface area contributed by atoms with Crippen LogP contribution >= 0.6 is 11.3 Å². The lowest BCUT2D eigenvalue weighted by Gasteiger charge is -2.45. The highest BCUT2D eigenvalue weighted by molar-refractivity contribution is 7.17. The van der Waals surface area contributed by atoms with E-state index in [2.05, 4.69) is 12.2 Å². The number of benzene rings is 1. The minimum Gasteiger partial charge on any atom is -0.494 e. The van der Waals surface area contributed by atoms with Gasteiger partial charge in [-0.3, -0.25) is 9.59 Å². The number of aromatic nitrogens is 1. The Morgan fingerprint density at radius 3 is 2.62 bits per heavy atom. The minimum absolute atomic E-state index is 0.0610. The van der Waals surface area contributed by atoms with Crippen LogP contribution in [0.2, 0.25) is 0 Å². The molecule has 0 saturated heterocycles. The second kappa shape index (κ2) is 9.10. The minimum atomic E-state index is -0.986. The first-order valence-corrected chi connectivity index (χ1v) is 13.2. The molecule has 0 unspecified atom stereocenters. The van der Waals surface area contributed by atoms with Gasteiger partial charge in [0, 0.05) is 12.6 Å². The number of amides is 2. The first kappa shape index (κ1) is 23.0. The second-order valence-electron chi connectivity index (χ2n) is 9.96. The summed E-state index contributed by atoms with van der Waals surface area (Å²) in [5, 5.41) is 5.35. The highest BCUT2D eigenvalue weighted by atomic mass is 32.1. The van der Waals surface area contributed by atoms with Crippen LogP contribution in [0.1, 0.15) is 62.5 Å². The number of thiophene rings is 1. The fourth-order valence-corrected chi connectivity index (χ4v) is 6.13. The van der Waals surface area contributed by atoms with Gasteiger partial charge in [0.15, 0.2) is 0 Å². The van der Waals surface area contributed by atoms with Crippen molar-refractivity contribution in [1.29, 1.82) is 0 Å². The zero-order chi connectivity index (χ0) is 23.9. The number of rotatable bonds is 6. The van der Waals surface area contributed by atoms with E-state index in [1.807, 2.05) is 60.2 Å². The van der Waals surface area contributed by atoms with Crippen LogP contribution in [0.4, 0.5) is 0 Å². The first-order chi connectivity index (χ1) is 16.4. The van der Waals surface area contributed by atoms with Crippen molar-refractivity contribution in [3.8, 4) is 5.75 Å². The Kier molecular flexibility index (Phi) is 6.15. The van der Waals surface area contributed by atoms with Gasteiger partial charge in [0.2, 0.25) is 5.91 Å². The van der Waals surface area contributed by atoms with E-state index in [1.165, 1.54) is 0 Å². The van der Waals surface area contributed by atoms with Gasteiger partial charge >= 0.3 is 0 Å². The molecular formula is C27H33N3O3S. The van der Waals surface area contributed by atoms with Crippen molar-refractivity contribution in [2.45, 2.75) is 71.1 Å². The zero-order valence-electron chi connectivity index (χ0n) is 20.2. The molecule has 0 spiro atoms. The number of carbonyl (C=O) groups excluding carboxylic acids is 2. The van der Waals surface area contributed by atoms with Crippen LogP contribution in [0, 0.1) is 5.92 Å². The van der Waals surface area contributed by atoms with Gasteiger partial charge < -0.3 is 19.5 Å². The van der Waals surface area contributed by atoms with E-state index in [0.717, 1.165) is 47.2 Å². The lowest BCUT2D eigenvalue weighted by atomic mass is 9.86. The Bertz CT molecular complexity index is 1190. The molecule has 5 rings (SSSR count). The van der Waals surface area contributed by atoms with Gasteiger partial charge in [0.25, 0.3) is 5.91 Å². The molecule has 1 aliphatic carbocycles. The summed E-state index contributed by atoms with van der Waals surface area (Å²) in [6, 6.07) is 12.0. The van der Waals surface area contributed by atoms with E-state index in [1.54, 1.807) is 16.2 Å². The van der Waals surface area contributed by atoms with Gasteiger partial charge in [0.1, 0.15) is 17.0 Å². The molecule has 1 fully saturated rings. The molecule has 34 heavy (non-hydrogen) atoms. The first-order valence-electron chi connectivity index (χ1n) is 12.3. The molecule has 0 radical (unpaired) electrons. The van der Waals surface area contributed by atoms with Crippen LogP contribution in [0.25, 0.3) is 10.2 Å².